The van der Waals surface area contributed by atoms with Crippen LogP contribution in [0.1, 0.15) is 17.2 Å². The maximum atomic E-state index is 12.2. The van der Waals surface area contributed by atoms with E-state index in [2.05, 4.69) is 15.7 Å². The summed E-state index contributed by atoms with van der Waals surface area (Å²) in [4.78, 5) is 22.3. The van der Waals surface area contributed by atoms with Crippen LogP contribution in [0.2, 0.25) is 0 Å². The molecule has 0 saturated heterocycles. The Morgan fingerprint density at radius 3 is 2.59 bits per heavy atom. The molecule has 22 heavy (non-hydrogen) atoms. The van der Waals surface area contributed by atoms with Crippen LogP contribution in [0.5, 0.6) is 0 Å². The predicted octanol–water partition coefficient (Wildman–Crippen LogP) is 0.905. The minimum Gasteiger partial charge on any atom is -0.350 e. The predicted molar refractivity (Wildman–Crippen MR) is 80.0 cm³/mol. The zero-order chi connectivity index (χ0) is 16.1. The number of amides is 1. The molecule has 1 atom stereocenters. The molecule has 1 aromatic carbocycles. The van der Waals surface area contributed by atoms with E-state index in [4.69, 9.17) is 0 Å². The van der Waals surface area contributed by atoms with Crippen LogP contribution in [0.3, 0.4) is 0 Å². The highest BCUT2D eigenvalue weighted by molar-refractivity contribution is 5.83. The molecule has 2 rings (SSSR count). The molecule has 0 saturated carbocycles. The number of nitrogens with one attached hydrogen (secondary N) is 2. The third-order valence-corrected chi connectivity index (χ3v) is 3.22. The second-order valence-electron chi connectivity index (χ2n) is 4.81. The number of carbonyl (C=O) groups excluding carboxylic acids is 1. The molecule has 1 unspecified atom stereocenters. The summed E-state index contributed by atoms with van der Waals surface area (Å²) in [5.74, 6) is -0.186. The molecular weight excluding hydrogens is 286 g/mol. The zero-order valence-electron chi connectivity index (χ0n) is 12.3. The van der Waals surface area contributed by atoms with E-state index < -0.39 is 11.0 Å². The Balaban J connectivity index is 1.97. The normalized spacial score (nSPS) is 11.9. The van der Waals surface area contributed by atoms with E-state index in [0.717, 1.165) is 11.1 Å². The topological polar surface area (TPSA) is 102 Å². The summed E-state index contributed by atoms with van der Waals surface area (Å²) in [5.41, 5.74) is 1.59. The van der Waals surface area contributed by atoms with Crippen molar-refractivity contribution < 1.29 is 9.72 Å². The lowest BCUT2D eigenvalue weighted by Crippen LogP contribution is -2.35. The number of hydrogen-bond donors (Lipinski definition) is 2. The Morgan fingerprint density at radius 2 is 2.09 bits per heavy atom. The highest BCUT2D eigenvalue weighted by Crippen LogP contribution is 2.13. The first-order chi connectivity index (χ1) is 10.5. The van der Waals surface area contributed by atoms with Gasteiger partial charge in [-0.3, -0.25) is 19.6 Å². The Morgan fingerprint density at radius 1 is 1.41 bits per heavy atom. The van der Waals surface area contributed by atoms with Crippen LogP contribution < -0.4 is 10.6 Å². The number of benzene rings is 1. The van der Waals surface area contributed by atoms with Crippen LogP contribution in [-0.2, 0) is 18.4 Å². The van der Waals surface area contributed by atoms with Crippen LogP contribution in [0.25, 0.3) is 0 Å². The summed E-state index contributed by atoms with van der Waals surface area (Å²) in [5, 5.41) is 20.4. The quantitative estimate of drug-likeness (QED) is 0.610. The lowest BCUT2D eigenvalue weighted by atomic mass is 10.1. The summed E-state index contributed by atoms with van der Waals surface area (Å²) in [6.45, 7) is 0.301. The Bertz CT molecular complexity index is 665. The molecule has 2 N–H and O–H groups in total. The average molecular weight is 303 g/mol. The fraction of sp³-hybridized carbons (Fsp3) is 0.286. The van der Waals surface area contributed by atoms with Gasteiger partial charge >= 0.3 is 0 Å². The van der Waals surface area contributed by atoms with Gasteiger partial charge in [0.05, 0.1) is 11.1 Å². The molecule has 0 fully saturated rings. The van der Waals surface area contributed by atoms with E-state index >= 15 is 0 Å². The van der Waals surface area contributed by atoms with Crippen LogP contribution in [0.4, 0.5) is 5.69 Å². The maximum Gasteiger partial charge on any atom is 0.269 e. The monoisotopic (exact) mass is 303 g/mol. The largest absolute Gasteiger partial charge is 0.350 e. The molecule has 8 nitrogen and oxygen atoms in total. The molecule has 0 aliphatic heterocycles. The van der Waals surface area contributed by atoms with Gasteiger partial charge in [-0.2, -0.15) is 5.10 Å². The van der Waals surface area contributed by atoms with Crippen LogP contribution in [0, 0.1) is 10.1 Å². The number of rotatable bonds is 6. The molecule has 1 heterocycles. The SMILES string of the molecule is CNC(C(=O)NCc1ccc([N+](=O)[O-])cc1)c1cnn(C)c1. The molecule has 2 aromatic rings. The van der Waals surface area contributed by atoms with E-state index in [1.54, 1.807) is 43.3 Å². The zero-order valence-corrected chi connectivity index (χ0v) is 12.3. The lowest BCUT2D eigenvalue weighted by Gasteiger charge is -2.14. The second-order valence-corrected chi connectivity index (χ2v) is 4.81. The van der Waals surface area contributed by atoms with Gasteiger partial charge in [-0.1, -0.05) is 12.1 Å². The van der Waals surface area contributed by atoms with Crippen LogP contribution >= 0.6 is 0 Å². The van der Waals surface area contributed by atoms with Crippen molar-refractivity contribution in [2.45, 2.75) is 12.6 Å². The van der Waals surface area contributed by atoms with Crippen molar-refractivity contribution in [1.29, 1.82) is 0 Å². The average Bonchev–Trinajstić information content (AvgIpc) is 2.92. The van der Waals surface area contributed by atoms with Crippen LogP contribution in [0.15, 0.2) is 36.7 Å². The van der Waals surface area contributed by atoms with Gasteiger partial charge in [-0.25, -0.2) is 0 Å². The Hall–Kier alpha value is -2.74. The summed E-state index contributed by atoms with van der Waals surface area (Å²) >= 11 is 0. The van der Waals surface area contributed by atoms with E-state index in [-0.39, 0.29) is 11.6 Å². The fourth-order valence-corrected chi connectivity index (χ4v) is 2.07. The van der Waals surface area contributed by atoms with Crippen molar-refractivity contribution in [3.05, 3.63) is 57.9 Å². The molecular formula is C14H17N5O3. The van der Waals surface area contributed by atoms with Gasteiger partial charge in [0.25, 0.3) is 5.69 Å². The van der Waals surface area contributed by atoms with Gasteiger partial charge in [0, 0.05) is 37.5 Å². The number of aryl methyl sites for hydroxylation is 1. The maximum absolute atomic E-state index is 12.2. The van der Waals surface area contributed by atoms with Gasteiger partial charge in [0.15, 0.2) is 0 Å². The van der Waals surface area contributed by atoms with Gasteiger partial charge < -0.3 is 10.6 Å². The van der Waals surface area contributed by atoms with Gasteiger partial charge in [0.1, 0.15) is 6.04 Å². The molecule has 0 bridgehead atoms. The molecule has 1 amide bonds. The number of hydrogen-bond acceptors (Lipinski definition) is 5. The highest BCUT2D eigenvalue weighted by Gasteiger charge is 2.19. The third kappa shape index (κ3) is 3.67. The summed E-state index contributed by atoms with van der Waals surface area (Å²) < 4.78 is 1.63. The number of carbonyl (C=O) groups is 1. The number of likely N-dealkylation sites (N-methyl/N-ethyl adjacent to an activating group) is 1. The second kappa shape index (κ2) is 6.81. The van der Waals surface area contributed by atoms with Crippen molar-refractivity contribution >= 4 is 11.6 Å². The number of nitrogens with zero attached hydrogens (tertiary/aromatic N) is 3. The number of nitro groups is 1. The van der Waals surface area contributed by atoms with E-state index in [9.17, 15) is 14.9 Å². The first-order valence-electron chi connectivity index (χ1n) is 6.68. The first-order valence-corrected chi connectivity index (χ1v) is 6.68. The summed E-state index contributed by atoms with van der Waals surface area (Å²) in [7, 11) is 3.48. The smallest absolute Gasteiger partial charge is 0.269 e. The Labute approximate surface area is 127 Å². The van der Waals surface area contributed by atoms with E-state index in [1.807, 2.05) is 0 Å². The lowest BCUT2D eigenvalue weighted by molar-refractivity contribution is -0.384. The van der Waals surface area contributed by atoms with Crippen molar-refractivity contribution in [3.63, 3.8) is 0 Å². The summed E-state index contributed by atoms with van der Waals surface area (Å²) in [6, 6.07) is 5.58. The highest BCUT2D eigenvalue weighted by atomic mass is 16.6. The fourth-order valence-electron chi connectivity index (χ4n) is 2.07. The molecule has 0 spiro atoms. The van der Waals surface area contributed by atoms with Crippen molar-refractivity contribution in [2.75, 3.05) is 7.05 Å². The molecule has 8 heteroatoms. The number of aromatic nitrogens is 2. The molecule has 1 aromatic heterocycles. The minimum atomic E-state index is -0.494. The number of non-ortho nitro benzene ring substituents is 1. The van der Waals surface area contributed by atoms with Gasteiger partial charge in [0.2, 0.25) is 5.91 Å². The minimum absolute atomic E-state index is 0.0264. The van der Waals surface area contributed by atoms with Gasteiger partial charge in [-0.15, -0.1) is 0 Å². The van der Waals surface area contributed by atoms with Crippen molar-refractivity contribution in [2.24, 2.45) is 7.05 Å². The standard InChI is InChI=1S/C14H17N5O3/c1-15-13(11-8-17-18(2)9-11)14(20)16-7-10-3-5-12(6-4-10)19(21)22/h3-6,8-9,13,15H,7H2,1-2H3,(H,16,20). The molecule has 0 aliphatic carbocycles. The molecule has 0 radical (unpaired) electrons. The van der Waals surface area contributed by atoms with Crippen molar-refractivity contribution in [3.8, 4) is 0 Å². The first kappa shape index (κ1) is 15.6. The van der Waals surface area contributed by atoms with Crippen molar-refractivity contribution in [1.82, 2.24) is 20.4 Å². The van der Waals surface area contributed by atoms with E-state index in [1.165, 1.54) is 12.1 Å². The third-order valence-electron chi connectivity index (χ3n) is 3.22. The Kier molecular flexibility index (Phi) is 4.84. The van der Waals surface area contributed by atoms with Crippen LogP contribution in [-0.4, -0.2) is 27.7 Å². The number of nitro benzene ring substituents is 1. The molecule has 0 aliphatic rings. The van der Waals surface area contributed by atoms with Gasteiger partial charge in [-0.05, 0) is 12.6 Å². The molecule has 116 valence electrons. The van der Waals surface area contributed by atoms with E-state index in [0.29, 0.717) is 6.54 Å². The summed E-state index contributed by atoms with van der Waals surface area (Å²) in [6.07, 6.45) is 3.40.